The largest absolute Gasteiger partial charge is 0.325 e. The van der Waals surface area contributed by atoms with E-state index in [0.717, 1.165) is 30.9 Å². The summed E-state index contributed by atoms with van der Waals surface area (Å²) in [5.74, 6) is 0.107. The van der Waals surface area contributed by atoms with Crippen molar-refractivity contribution in [2.75, 3.05) is 38.0 Å². The Kier molecular flexibility index (Phi) is 4.27. The molecule has 1 N–H and O–H groups in total. The monoisotopic (exact) mass is 287 g/mol. The van der Waals surface area contributed by atoms with Crippen molar-refractivity contribution in [3.8, 4) is 0 Å². The van der Waals surface area contributed by atoms with E-state index in [-0.39, 0.29) is 5.91 Å². The van der Waals surface area contributed by atoms with Crippen LogP contribution in [-0.2, 0) is 4.79 Å². The van der Waals surface area contributed by atoms with Gasteiger partial charge >= 0.3 is 0 Å². The highest BCUT2D eigenvalue weighted by atomic mass is 16.2. The van der Waals surface area contributed by atoms with Gasteiger partial charge in [-0.15, -0.1) is 0 Å². The second-order valence-corrected chi connectivity index (χ2v) is 6.36. The van der Waals surface area contributed by atoms with Crippen LogP contribution in [0, 0.1) is 13.8 Å². The summed E-state index contributed by atoms with van der Waals surface area (Å²) in [6, 6.07) is 6.72. The van der Waals surface area contributed by atoms with Gasteiger partial charge in [-0.25, -0.2) is 0 Å². The van der Waals surface area contributed by atoms with Crippen molar-refractivity contribution in [1.29, 1.82) is 0 Å². The highest BCUT2D eigenvalue weighted by molar-refractivity contribution is 5.93. The maximum atomic E-state index is 12.3. The second kappa shape index (κ2) is 6.16. The van der Waals surface area contributed by atoms with E-state index in [1.165, 1.54) is 24.9 Å². The molecule has 0 unspecified atom stereocenters. The van der Waals surface area contributed by atoms with Crippen LogP contribution in [0.3, 0.4) is 0 Å². The molecule has 0 radical (unpaired) electrons. The Hall–Kier alpha value is -1.39. The number of anilines is 1. The quantitative estimate of drug-likeness (QED) is 0.924. The van der Waals surface area contributed by atoms with E-state index in [1.807, 2.05) is 12.1 Å². The fourth-order valence-electron chi connectivity index (χ4n) is 3.48. The molecule has 3 rings (SSSR count). The Labute approximate surface area is 127 Å². The first kappa shape index (κ1) is 14.5. The number of nitrogens with zero attached hydrogens (tertiary/aromatic N) is 2. The molecule has 1 atom stereocenters. The number of carbonyl (C=O) groups is 1. The van der Waals surface area contributed by atoms with Crippen LogP contribution < -0.4 is 5.32 Å². The van der Waals surface area contributed by atoms with Gasteiger partial charge < -0.3 is 5.32 Å². The smallest absolute Gasteiger partial charge is 0.238 e. The van der Waals surface area contributed by atoms with Crippen molar-refractivity contribution in [1.82, 2.24) is 9.80 Å². The van der Waals surface area contributed by atoms with Crippen LogP contribution in [0.25, 0.3) is 0 Å². The maximum Gasteiger partial charge on any atom is 0.238 e. The van der Waals surface area contributed by atoms with Crippen LogP contribution in [0.5, 0.6) is 0 Å². The number of benzene rings is 1. The first-order valence-electron chi connectivity index (χ1n) is 7.96. The summed E-state index contributed by atoms with van der Waals surface area (Å²) in [4.78, 5) is 17.1. The molecule has 1 aromatic carbocycles. The number of nitrogens with one attached hydrogen (secondary N) is 1. The van der Waals surface area contributed by atoms with Crippen LogP contribution in [0.1, 0.15) is 24.0 Å². The SMILES string of the molecule is Cc1cccc(NC(=O)CN2CCN3CCC[C@H]3C2)c1C. The molecule has 1 aromatic rings. The molecule has 2 saturated heterocycles. The first-order chi connectivity index (χ1) is 10.1. The van der Waals surface area contributed by atoms with Gasteiger partial charge in [0.2, 0.25) is 5.91 Å². The summed E-state index contributed by atoms with van der Waals surface area (Å²) in [7, 11) is 0. The second-order valence-electron chi connectivity index (χ2n) is 6.36. The lowest BCUT2D eigenvalue weighted by Gasteiger charge is -2.37. The van der Waals surface area contributed by atoms with Crippen molar-refractivity contribution in [2.45, 2.75) is 32.7 Å². The Morgan fingerprint density at radius 1 is 1.29 bits per heavy atom. The standard InChI is InChI=1S/C17H25N3O/c1-13-5-3-7-16(14(13)2)18-17(21)12-19-9-10-20-8-4-6-15(20)11-19/h3,5,7,15H,4,6,8-12H2,1-2H3,(H,18,21)/t15-/m0/s1. The van der Waals surface area contributed by atoms with Gasteiger partial charge in [0, 0.05) is 31.4 Å². The third-order valence-electron chi connectivity index (χ3n) is 4.92. The van der Waals surface area contributed by atoms with E-state index in [4.69, 9.17) is 0 Å². The molecule has 0 saturated carbocycles. The fraction of sp³-hybridized carbons (Fsp3) is 0.588. The summed E-state index contributed by atoms with van der Waals surface area (Å²) in [5, 5.41) is 3.06. The molecule has 4 nitrogen and oxygen atoms in total. The Morgan fingerprint density at radius 2 is 2.14 bits per heavy atom. The highest BCUT2D eigenvalue weighted by Crippen LogP contribution is 2.22. The number of amides is 1. The zero-order valence-corrected chi connectivity index (χ0v) is 13.1. The number of hydrogen-bond acceptors (Lipinski definition) is 3. The Morgan fingerprint density at radius 3 is 3.00 bits per heavy atom. The number of hydrogen-bond donors (Lipinski definition) is 1. The lowest BCUT2D eigenvalue weighted by molar-refractivity contribution is -0.117. The van der Waals surface area contributed by atoms with E-state index < -0.39 is 0 Å². The predicted octanol–water partition coefficient (Wildman–Crippen LogP) is 2.02. The fourth-order valence-corrected chi connectivity index (χ4v) is 3.48. The molecular formula is C17H25N3O. The van der Waals surface area contributed by atoms with Crippen molar-refractivity contribution >= 4 is 11.6 Å². The van der Waals surface area contributed by atoms with Crippen LogP contribution in [0.4, 0.5) is 5.69 Å². The average molecular weight is 287 g/mol. The van der Waals surface area contributed by atoms with Crippen LogP contribution >= 0.6 is 0 Å². The topological polar surface area (TPSA) is 35.6 Å². The lowest BCUT2D eigenvalue weighted by atomic mass is 10.1. The molecule has 0 aromatic heterocycles. The first-order valence-corrected chi connectivity index (χ1v) is 7.96. The molecule has 114 valence electrons. The minimum Gasteiger partial charge on any atom is -0.325 e. The van der Waals surface area contributed by atoms with Crippen molar-refractivity contribution in [3.63, 3.8) is 0 Å². The molecule has 2 aliphatic heterocycles. The summed E-state index contributed by atoms with van der Waals surface area (Å²) < 4.78 is 0. The van der Waals surface area contributed by atoms with Crippen molar-refractivity contribution < 1.29 is 4.79 Å². The zero-order valence-electron chi connectivity index (χ0n) is 13.1. The molecule has 21 heavy (non-hydrogen) atoms. The third-order valence-corrected chi connectivity index (χ3v) is 4.92. The van der Waals surface area contributed by atoms with Gasteiger partial charge in [-0.1, -0.05) is 12.1 Å². The van der Waals surface area contributed by atoms with Gasteiger partial charge in [-0.05, 0) is 50.4 Å². The van der Waals surface area contributed by atoms with Gasteiger partial charge in [-0.3, -0.25) is 14.6 Å². The number of aryl methyl sites for hydroxylation is 1. The molecule has 0 spiro atoms. The molecule has 2 fully saturated rings. The summed E-state index contributed by atoms with van der Waals surface area (Å²) >= 11 is 0. The van der Waals surface area contributed by atoms with Gasteiger partial charge in [-0.2, -0.15) is 0 Å². The van der Waals surface area contributed by atoms with Crippen LogP contribution in [0.15, 0.2) is 18.2 Å². The minimum absolute atomic E-state index is 0.107. The number of fused-ring (bicyclic) bond motifs is 1. The van der Waals surface area contributed by atoms with Crippen LogP contribution in [-0.4, -0.2) is 54.5 Å². The van der Waals surface area contributed by atoms with E-state index >= 15 is 0 Å². The molecule has 0 bridgehead atoms. The molecule has 0 aliphatic carbocycles. The lowest BCUT2D eigenvalue weighted by Crippen LogP contribution is -2.51. The zero-order chi connectivity index (χ0) is 14.8. The van der Waals surface area contributed by atoms with Gasteiger partial charge in [0.25, 0.3) is 0 Å². The molecule has 2 heterocycles. The molecular weight excluding hydrogens is 262 g/mol. The molecule has 1 amide bonds. The normalized spacial score (nSPS) is 23.0. The summed E-state index contributed by atoms with van der Waals surface area (Å²) in [5.41, 5.74) is 3.32. The average Bonchev–Trinajstić information content (AvgIpc) is 2.91. The van der Waals surface area contributed by atoms with E-state index in [1.54, 1.807) is 0 Å². The number of rotatable bonds is 3. The van der Waals surface area contributed by atoms with Gasteiger partial charge in [0.05, 0.1) is 6.54 Å². The molecule has 2 aliphatic rings. The predicted molar refractivity (Wildman–Crippen MR) is 85.6 cm³/mol. The maximum absolute atomic E-state index is 12.3. The molecule has 4 heteroatoms. The minimum atomic E-state index is 0.107. The van der Waals surface area contributed by atoms with Crippen molar-refractivity contribution in [3.05, 3.63) is 29.3 Å². The van der Waals surface area contributed by atoms with Gasteiger partial charge in [0.1, 0.15) is 0 Å². The van der Waals surface area contributed by atoms with Gasteiger partial charge in [0.15, 0.2) is 0 Å². The number of carbonyl (C=O) groups excluding carboxylic acids is 1. The van der Waals surface area contributed by atoms with E-state index in [2.05, 4.69) is 35.0 Å². The van der Waals surface area contributed by atoms with E-state index in [0.29, 0.717) is 12.6 Å². The third kappa shape index (κ3) is 3.27. The Balaban J connectivity index is 1.55. The number of piperazine rings is 1. The summed E-state index contributed by atoms with van der Waals surface area (Å²) in [6.45, 7) is 9.05. The van der Waals surface area contributed by atoms with E-state index in [9.17, 15) is 4.79 Å². The highest BCUT2D eigenvalue weighted by Gasteiger charge is 2.31. The van der Waals surface area contributed by atoms with Crippen LogP contribution in [0.2, 0.25) is 0 Å². The Bertz CT molecular complexity index is 529. The summed E-state index contributed by atoms with van der Waals surface area (Å²) in [6.07, 6.45) is 2.60. The van der Waals surface area contributed by atoms with Crippen molar-refractivity contribution in [2.24, 2.45) is 0 Å².